The van der Waals surface area contributed by atoms with Gasteiger partial charge >= 0.3 is 0 Å². The van der Waals surface area contributed by atoms with E-state index in [4.69, 9.17) is 4.74 Å². The maximum atomic E-state index is 12.6. The average Bonchev–Trinajstić information content (AvgIpc) is 2.04. The number of hydrogen-bond donors (Lipinski definition) is 0. The monoisotopic (exact) mass is 184 g/mol. The number of aromatic nitrogens is 2. The number of halogens is 1. The Kier molecular flexibility index (Phi) is 3.61. The van der Waals surface area contributed by atoms with E-state index < -0.39 is 5.95 Å². The summed E-state index contributed by atoms with van der Waals surface area (Å²) in [5.41, 5.74) is 0. The van der Waals surface area contributed by atoms with Gasteiger partial charge in [-0.3, -0.25) is 0 Å². The molecule has 0 saturated carbocycles. The standard InChI is InChI=1S/C9H13FN2O/c1-3-4-7(2)13-9-5-8(10)11-6-12-9/h5-7H,3-4H2,1-2H3. The Morgan fingerprint density at radius 1 is 1.54 bits per heavy atom. The molecule has 0 N–H and O–H groups in total. The number of ether oxygens (including phenoxy) is 1. The molecule has 0 saturated heterocycles. The van der Waals surface area contributed by atoms with Crippen LogP contribution in [0.5, 0.6) is 5.88 Å². The Morgan fingerprint density at radius 2 is 2.31 bits per heavy atom. The molecule has 0 fully saturated rings. The number of nitrogens with zero attached hydrogens (tertiary/aromatic N) is 2. The smallest absolute Gasteiger partial charge is 0.219 e. The molecule has 1 unspecified atom stereocenters. The van der Waals surface area contributed by atoms with Crippen molar-refractivity contribution in [1.82, 2.24) is 9.97 Å². The van der Waals surface area contributed by atoms with E-state index >= 15 is 0 Å². The Morgan fingerprint density at radius 3 is 2.92 bits per heavy atom. The van der Waals surface area contributed by atoms with Crippen LogP contribution in [0.15, 0.2) is 12.4 Å². The highest BCUT2D eigenvalue weighted by Gasteiger charge is 2.04. The first-order valence-corrected chi connectivity index (χ1v) is 4.36. The van der Waals surface area contributed by atoms with Crippen molar-refractivity contribution in [2.45, 2.75) is 32.8 Å². The van der Waals surface area contributed by atoms with Gasteiger partial charge in [0, 0.05) is 0 Å². The third-order valence-corrected chi connectivity index (χ3v) is 1.63. The maximum Gasteiger partial charge on any atom is 0.219 e. The van der Waals surface area contributed by atoms with E-state index in [2.05, 4.69) is 16.9 Å². The lowest BCUT2D eigenvalue weighted by Crippen LogP contribution is -2.12. The summed E-state index contributed by atoms with van der Waals surface area (Å²) in [7, 11) is 0. The van der Waals surface area contributed by atoms with Gasteiger partial charge < -0.3 is 4.74 Å². The van der Waals surface area contributed by atoms with Crippen LogP contribution < -0.4 is 4.74 Å². The summed E-state index contributed by atoms with van der Waals surface area (Å²) in [6.07, 6.45) is 3.20. The fourth-order valence-electron chi connectivity index (χ4n) is 1.05. The zero-order valence-electron chi connectivity index (χ0n) is 7.83. The normalized spacial score (nSPS) is 12.5. The molecule has 1 rings (SSSR count). The lowest BCUT2D eigenvalue weighted by atomic mass is 10.2. The second-order valence-electron chi connectivity index (χ2n) is 2.90. The second-order valence-corrected chi connectivity index (χ2v) is 2.90. The van der Waals surface area contributed by atoms with Crippen molar-refractivity contribution >= 4 is 0 Å². The van der Waals surface area contributed by atoms with Gasteiger partial charge in [-0.1, -0.05) is 13.3 Å². The van der Waals surface area contributed by atoms with Crippen LogP contribution in [0.1, 0.15) is 26.7 Å². The maximum absolute atomic E-state index is 12.6. The molecule has 0 bridgehead atoms. The van der Waals surface area contributed by atoms with Crippen LogP contribution >= 0.6 is 0 Å². The highest BCUT2D eigenvalue weighted by Crippen LogP contribution is 2.10. The average molecular weight is 184 g/mol. The summed E-state index contributed by atoms with van der Waals surface area (Å²) >= 11 is 0. The molecule has 0 amide bonds. The zero-order valence-corrected chi connectivity index (χ0v) is 7.83. The van der Waals surface area contributed by atoms with Gasteiger partial charge in [0.15, 0.2) is 0 Å². The van der Waals surface area contributed by atoms with Crippen molar-refractivity contribution in [1.29, 1.82) is 0 Å². The van der Waals surface area contributed by atoms with E-state index in [1.165, 1.54) is 6.07 Å². The van der Waals surface area contributed by atoms with E-state index in [1.807, 2.05) is 6.92 Å². The summed E-state index contributed by atoms with van der Waals surface area (Å²) in [4.78, 5) is 7.12. The molecule has 0 radical (unpaired) electrons. The molecule has 13 heavy (non-hydrogen) atoms. The first kappa shape index (κ1) is 9.89. The van der Waals surface area contributed by atoms with Crippen LogP contribution in [-0.2, 0) is 0 Å². The fraction of sp³-hybridized carbons (Fsp3) is 0.556. The van der Waals surface area contributed by atoms with Crippen molar-refractivity contribution in [2.24, 2.45) is 0 Å². The fourth-order valence-corrected chi connectivity index (χ4v) is 1.05. The van der Waals surface area contributed by atoms with E-state index in [0.717, 1.165) is 19.2 Å². The minimum absolute atomic E-state index is 0.0688. The van der Waals surface area contributed by atoms with E-state index in [9.17, 15) is 4.39 Å². The molecule has 1 aromatic heterocycles. The molecular formula is C9H13FN2O. The molecule has 1 aromatic rings. The largest absolute Gasteiger partial charge is 0.474 e. The predicted octanol–water partition coefficient (Wildman–Crippen LogP) is 2.18. The lowest BCUT2D eigenvalue weighted by Gasteiger charge is -2.11. The van der Waals surface area contributed by atoms with Crippen LogP contribution in [0.4, 0.5) is 4.39 Å². The van der Waals surface area contributed by atoms with Gasteiger partial charge in [0.25, 0.3) is 0 Å². The SMILES string of the molecule is CCCC(C)Oc1cc(F)ncn1. The van der Waals surface area contributed by atoms with E-state index in [0.29, 0.717) is 5.88 Å². The Labute approximate surface area is 77.0 Å². The van der Waals surface area contributed by atoms with Crippen molar-refractivity contribution in [2.75, 3.05) is 0 Å². The molecule has 4 heteroatoms. The topological polar surface area (TPSA) is 35.0 Å². The quantitative estimate of drug-likeness (QED) is 0.673. The minimum atomic E-state index is -0.561. The summed E-state index contributed by atoms with van der Waals surface area (Å²) in [6, 6.07) is 1.19. The van der Waals surface area contributed by atoms with Crippen molar-refractivity contribution in [3.8, 4) is 5.88 Å². The molecule has 0 aliphatic rings. The van der Waals surface area contributed by atoms with Crippen LogP contribution in [0.2, 0.25) is 0 Å². The Hall–Kier alpha value is -1.19. The molecule has 1 heterocycles. The van der Waals surface area contributed by atoms with E-state index in [-0.39, 0.29) is 6.10 Å². The third-order valence-electron chi connectivity index (χ3n) is 1.63. The van der Waals surface area contributed by atoms with Gasteiger partial charge in [-0.05, 0) is 13.3 Å². The Balaban J connectivity index is 2.53. The Bertz CT molecular complexity index is 268. The third kappa shape index (κ3) is 3.36. The molecular weight excluding hydrogens is 171 g/mol. The van der Waals surface area contributed by atoms with Crippen LogP contribution in [0.25, 0.3) is 0 Å². The molecule has 0 aliphatic carbocycles. The van der Waals surface area contributed by atoms with Gasteiger partial charge in [-0.15, -0.1) is 0 Å². The summed E-state index contributed by atoms with van der Waals surface area (Å²) in [5.74, 6) is -0.262. The number of hydrogen-bond acceptors (Lipinski definition) is 3. The van der Waals surface area contributed by atoms with Crippen LogP contribution in [0, 0.1) is 5.95 Å². The van der Waals surface area contributed by atoms with Gasteiger partial charge in [-0.2, -0.15) is 4.39 Å². The summed E-state index contributed by atoms with van der Waals surface area (Å²) in [5, 5.41) is 0. The minimum Gasteiger partial charge on any atom is -0.474 e. The van der Waals surface area contributed by atoms with E-state index in [1.54, 1.807) is 0 Å². The van der Waals surface area contributed by atoms with Crippen LogP contribution in [0.3, 0.4) is 0 Å². The molecule has 0 spiro atoms. The first-order valence-electron chi connectivity index (χ1n) is 4.36. The van der Waals surface area contributed by atoms with Gasteiger partial charge in [0.1, 0.15) is 6.33 Å². The van der Waals surface area contributed by atoms with Gasteiger partial charge in [0.2, 0.25) is 11.8 Å². The molecule has 3 nitrogen and oxygen atoms in total. The second kappa shape index (κ2) is 4.74. The predicted molar refractivity (Wildman–Crippen MR) is 47.0 cm³/mol. The van der Waals surface area contributed by atoms with Crippen molar-refractivity contribution in [3.05, 3.63) is 18.3 Å². The summed E-state index contributed by atoms with van der Waals surface area (Å²) in [6.45, 7) is 4.00. The molecule has 0 aliphatic heterocycles. The van der Waals surface area contributed by atoms with Gasteiger partial charge in [0.05, 0.1) is 12.2 Å². The van der Waals surface area contributed by atoms with Crippen molar-refractivity contribution in [3.63, 3.8) is 0 Å². The summed E-state index contributed by atoms with van der Waals surface area (Å²) < 4.78 is 17.9. The lowest BCUT2D eigenvalue weighted by molar-refractivity contribution is 0.200. The highest BCUT2D eigenvalue weighted by atomic mass is 19.1. The molecule has 0 aromatic carbocycles. The first-order chi connectivity index (χ1) is 6.22. The zero-order chi connectivity index (χ0) is 9.68. The molecule has 1 atom stereocenters. The number of rotatable bonds is 4. The van der Waals surface area contributed by atoms with Crippen molar-refractivity contribution < 1.29 is 9.13 Å². The highest BCUT2D eigenvalue weighted by molar-refractivity contribution is 5.06. The van der Waals surface area contributed by atoms with Crippen LogP contribution in [-0.4, -0.2) is 16.1 Å². The van der Waals surface area contributed by atoms with Gasteiger partial charge in [-0.25, -0.2) is 9.97 Å². The molecule has 72 valence electrons.